The molecule has 4 nitrogen and oxygen atoms in total. The second-order valence-corrected chi connectivity index (χ2v) is 4.07. The molecule has 82 valence electrons. The number of nitrogens with zero attached hydrogens (tertiary/aromatic N) is 2. The van der Waals surface area contributed by atoms with Gasteiger partial charge in [-0.15, -0.1) is 0 Å². The first-order valence-electron chi connectivity index (χ1n) is 4.65. The molecule has 0 saturated carbocycles. The molecule has 0 aliphatic rings. The van der Waals surface area contributed by atoms with Gasteiger partial charge >= 0.3 is 5.97 Å². The average molecular weight is 281 g/mol. The van der Waals surface area contributed by atoms with Crippen LogP contribution in [0.1, 0.15) is 16.1 Å². The van der Waals surface area contributed by atoms with Gasteiger partial charge in [0.25, 0.3) is 0 Å². The molecule has 0 aliphatic heterocycles. The number of rotatable bonds is 2. The molecule has 1 aromatic carbocycles. The number of aromatic nitrogens is 2. The standard InChI is InChI=1S/C11H9BrN2O2/c1-7-9(11(15)16)13-14(10(7)12)8-5-3-2-4-6-8/h2-6H,1H3,(H,15,16). The van der Waals surface area contributed by atoms with Crippen LogP contribution in [0.5, 0.6) is 0 Å². The van der Waals surface area contributed by atoms with Gasteiger partial charge in [0, 0.05) is 5.56 Å². The van der Waals surface area contributed by atoms with Crippen molar-refractivity contribution in [1.82, 2.24) is 9.78 Å². The van der Waals surface area contributed by atoms with Gasteiger partial charge in [0.05, 0.1) is 5.69 Å². The summed E-state index contributed by atoms with van der Waals surface area (Å²) in [5.41, 5.74) is 1.51. The molecule has 1 N–H and O–H groups in total. The molecular formula is C11H9BrN2O2. The Balaban J connectivity index is 2.60. The van der Waals surface area contributed by atoms with Crippen molar-refractivity contribution in [3.63, 3.8) is 0 Å². The summed E-state index contributed by atoms with van der Waals surface area (Å²) in [5.74, 6) is -1.02. The van der Waals surface area contributed by atoms with Crippen LogP contribution in [-0.4, -0.2) is 20.9 Å². The Kier molecular flexibility index (Phi) is 2.78. The Morgan fingerprint density at radius 1 is 1.38 bits per heavy atom. The van der Waals surface area contributed by atoms with Gasteiger partial charge in [-0.3, -0.25) is 0 Å². The third-order valence-electron chi connectivity index (χ3n) is 2.25. The van der Waals surface area contributed by atoms with E-state index in [1.807, 2.05) is 30.3 Å². The number of carbonyl (C=O) groups is 1. The van der Waals surface area contributed by atoms with E-state index in [9.17, 15) is 4.79 Å². The van der Waals surface area contributed by atoms with E-state index in [1.165, 1.54) is 0 Å². The van der Waals surface area contributed by atoms with Gasteiger partial charge in [-0.05, 0) is 35.0 Å². The summed E-state index contributed by atoms with van der Waals surface area (Å²) < 4.78 is 2.23. The summed E-state index contributed by atoms with van der Waals surface area (Å²) in [6.07, 6.45) is 0. The molecule has 0 saturated heterocycles. The van der Waals surface area contributed by atoms with Crippen LogP contribution in [0.25, 0.3) is 5.69 Å². The second-order valence-electron chi connectivity index (χ2n) is 3.32. The van der Waals surface area contributed by atoms with Crippen molar-refractivity contribution in [2.24, 2.45) is 0 Å². The predicted molar refractivity (Wildman–Crippen MR) is 63.0 cm³/mol. The Bertz CT molecular complexity index is 534. The molecule has 1 aromatic heterocycles. The lowest BCUT2D eigenvalue weighted by Crippen LogP contribution is -2.01. The normalized spacial score (nSPS) is 10.4. The summed E-state index contributed by atoms with van der Waals surface area (Å²) in [4.78, 5) is 10.9. The van der Waals surface area contributed by atoms with Gasteiger partial charge in [0.2, 0.25) is 0 Å². The number of para-hydroxylation sites is 1. The number of carboxylic acid groups (broad SMARTS) is 1. The highest BCUT2D eigenvalue weighted by Gasteiger charge is 2.18. The van der Waals surface area contributed by atoms with E-state index in [4.69, 9.17) is 5.11 Å². The number of hydrogen-bond acceptors (Lipinski definition) is 2. The molecule has 0 bridgehead atoms. The highest BCUT2D eigenvalue weighted by atomic mass is 79.9. The maximum atomic E-state index is 10.9. The topological polar surface area (TPSA) is 55.1 Å². The minimum absolute atomic E-state index is 0.0655. The molecule has 0 radical (unpaired) electrons. The third-order valence-corrected chi connectivity index (χ3v) is 3.18. The first kappa shape index (κ1) is 10.9. The monoisotopic (exact) mass is 280 g/mol. The van der Waals surface area contributed by atoms with Gasteiger partial charge in [-0.25, -0.2) is 9.48 Å². The number of benzene rings is 1. The smallest absolute Gasteiger partial charge is 0.356 e. The fourth-order valence-electron chi connectivity index (χ4n) is 1.42. The van der Waals surface area contributed by atoms with Crippen LogP contribution < -0.4 is 0 Å². The summed E-state index contributed by atoms with van der Waals surface area (Å²) in [6, 6.07) is 9.37. The second kappa shape index (κ2) is 4.09. The quantitative estimate of drug-likeness (QED) is 0.920. The molecular weight excluding hydrogens is 272 g/mol. The summed E-state index contributed by atoms with van der Waals surface area (Å²) in [7, 11) is 0. The minimum atomic E-state index is -1.02. The van der Waals surface area contributed by atoms with Crippen LogP contribution in [0, 0.1) is 6.92 Å². The van der Waals surface area contributed by atoms with E-state index >= 15 is 0 Å². The van der Waals surface area contributed by atoms with Crippen LogP contribution in [0.4, 0.5) is 0 Å². The zero-order chi connectivity index (χ0) is 11.7. The molecule has 0 spiro atoms. The van der Waals surface area contributed by atoms with E-state index in [1.54, 1.807) is 11.6 Å². The van der Waals surface area contributed by atoms with Crippen LogP contribution in [0.2, 0.25) is 0 Å². The summed E-state index contributed by atoms with van der Waals surface area (Å²) >= 11 is 3.34. The Morgan fingerprint density at radius 2 is 2.00 bits per heavy atom. The molecule has 1 heterocycles. The molecule has 2 rings (SSSR count). The number of halogens is 1. The lowest BCUT2D eigenvalue weighted by atomic mass is 10.3. The van der Waals surface area contributed by atoms with E-state index in [2.05, 4.69) is 21.0 Å². The van der Waals surface area contributed by atoms with Crippen molar-refractivity contribution in [2.75, 3.05) is 0 Å². The van der Waals surface area contributed by atoms with Gasteiger partial charge in [0.1, 0.15) is 4.60 Å². The van der Waals surface area contributed by atoms with Crippen molar-refractivity contribution in [1.29, 1.82) is 0 Å². The lowest BCUT2D eigenvalue weighted by Gasteiger charge is -2.01. The van der Waals surface area contributed by atoms with Crippen molar-refractivity contribution in [3.8, 4) is 5.69 Å². The highest BCUT2D eigenvalue weighted by molar-refractivity contribution is 9.10. The van der Waals surface area contributed by atoms with Gasteiger partial charge in [-0.2, -0.15) is 5.10 Å². The molecule has 16 heavy (non-hydrogen) atoms. The van der Waals surface area contributed by atoms with E-state index in [-0.39, 0.29) is 5.69 Å². The van der Waals surface area contributed by atoms with E-state index in [0.29, 0.717) is 10.2 Å². The van der Waals surface area contributed by atoms with Crippen molar-refractivity contribution < 1.29 is 9.90 Å². The Hall–Kier alpha value is -1.62. The van der Waals surface area contributed by atoms with E-state index < -0.39 is 5.97 Å². The lowest BCUT2D eigenvalue weighted by molar-refractivity contribution is 0.0689. The van der Waals surface area contributed by atoms with Crippen LogP contribution >= 0.6 is 15.9 Å². The van der Waals surface area contributed by atoms with Gasteiger partial charge in [0.15, 0.2) is 5.69 Å². The number of carboxylic acids is 1. The zero-order valence-corrected chi connectivity index (χ0v) is 10.1. The maximum absolute atomic E-state index is 10.9. The molecule has 0 amide bonds. The fourth-order valence-corrected chi connectivity index (χ4v) is 1.89. The summed E-state index contributed by atoms with van der Waals surface area (Å²) in [6.45, 7) is 1.72. The van der Waals surface area contributed by atoms with Crippen molar-refractivity contribution in [3.05, 3.63) is 46.2 Å². The van der Waals surface area contributed by atoms with Crippen LogP contribution in [0.15, 0.2) is 34.9 Å². The van der Waals surface area contributed by atoms with Gasteiger partial charge in [-0.1, -0.05) is 18.2 Å². The number of aromatic carboxylic acids is 1. The molecule has 5 heteroatoms. The first-order valence-corrected chi connectivity index (χ1v) is 5.44. The van der Waals surface area contributed by atoms with E-state index in [0.717, 1.165) is 5.69 Å². The fraction of sp³-hybridized carbons (Fsp3) is 0.0909. The Labute approximate surface area is 101 Å². The molecule has 2 aromatic rings. The SMILES string of the molecule is Cc1c(C(=O)O)nn(-c2ccccc2)c1Br. The highest BCUT2D eigenvalue weighted by Crippen LogP contribution is 2.23. The van der Waals surface area contributed by atoms with Crippen molar-refractivity contribution in [2.45, 2.75) is 6.92 Å². The first-order chi connectivity index (χ1) is 7.61. The molecule has 0 unspecified atom stereocenters. The largest absolute Gasteiger partial charge is 0.476 e. The maximum Gasteiger partial charge on any atom is 0.356 e. The minimum Gasteiger partial charge on any atom is -0.476 e. The van der Waals surface area contributed by atoms with Crippen molar-refractivity contribution >= 4 is 21.9 Å². The third kappa shape index (κ3) is 1.74. The zero-order valence-electron chi connectivity index (χ0n) is 8.51. The number of hydrogen-bond donors (Lipinski definition) is 1. The van der Waals surface area contributed by atoms with Gasteiger partial charge < -0.3 is 5.11 Å². The molecule has 0 aliphatic carbocycles. The average Bonchev–Trinajstić information content (AvgIpc) is 2.58. The predicted octanol–water partition coefficient (Wildman–Crippen LogP) is 2.64. The Morgan fingerprint density at radius 3 is 2.50 bits per heavy atom. The summed E-state index contributed by atoms with van der Waals surface area (Å²) in [5, 5.41) is 13.0. The van der Waals surface area contributed by atoms with Crippen LogP contribution in [0.3, 0.4) is 0 Å². The molecule has 0 fully saturated rings. The molecule has 0 atom stereocenters. The van der Waals surface area contributed by atoms with Crippen LogP contribution in [-0.2, 0) is 0 Å².